The average Bonchev–Trinajstić information content (AvgIpc) is 2.87. The highest BCUT2D eigenvalue weighted by Crippen LogP contribution is 2.26. The summed E-state index contributed by atoms with van der Waals surface area (Å²) in [6.45, 7) is 1.85. The number of nitrogens with one attached hydrogen (secondary N) is 1. The molecule has 0 aromatic carbocycles. The molecule has 0 amide bonds. The summed E-state index contributed by atoms with van der Waals surface area (Å²) in [5.41, 5.74) is 0.896. The standard InChI is InChI=1S/C12H21N3O2S/c1-10(12-7-13-15(2)8-12)14-18(16,17)9-11-5-3-4-6-11/h7-8,10-11,14H,3-6,9H2,1-2H3. The van der Waals surface area contributed by atoms with E-state index in [1.807, 2.05) is 20.2 Å². The molecule has 0 aliphatic heterocycles. The largest absolute Gasteiger partial charge is 0.275 e. The molecule has 102 valence electrons. The molecule has 1 unspecified atom stereocenters. The Morgan fingerprint density at radius 2 is 2.17 bits per heavy atom. The molecule has 1 aromatic heterocycles. The minimum Gasteiger partial charge on any atom is -0.275 e. The summed E-state index contributed by atoms with van der Waals surface area (Å²) >= 11 is 0. The van der Waals surface area contributed by atoms with Crippen molar-refractivity contribution in [3.63, 3.8) is 0 Å². The summed E-state index contributed by atoms with van der Waals surface area (Å²) in [6.07, 6.45) is 7.95. The second kappa shape index (κ2) is 5.40. The molecular weight excluding hydrogens is 250 g/mol. The van der Waals surface area contributed by atoms with Gasteiger partial charge in [-0.1, -0.05) is 12.8 Å². The number of aromatic nitrogens is 2. The van der Waals surface area contributed by atoms with Crippen molar-refractivity contribution in [2.45, 2.75) is 38.6 Å². The highest BCUT2D eigenvalue weighted by atomic mass is 32.2. The van der Waals surface area contributed by atoms with Crippen LogP contribution in [-0.2, 0) is 17.1 Å². The van der Waals surface area contributed by atoms with Crippen LogP contribution in [0.25, 0.3) is 0 Å². The van der Waals surface area contributed by atoms with Crippen molar-refractivity contribution in [1.82, 2.24) is 14.5 Å². The number of aryl methyl sites for hydroxylation is 1. The van der Waals surface area contributed by atoms with Crippen LogP contribution in [0.4, 0.5) is 0 Å². The predicted molar refractivity (Wildman–Crippen MR) is 70.5 cm³/mol. The van der Waals surface area contributed by atoms with Crippen molar-refractivity contribution in [3.05, 3.63) is 18.0 Å². The van der Waals surface area contributed by atoms with Gasteiger partial charge in [-0.05, 0) is 25.7 Å². The Hall–Kier alpha value is -0.880. The first kappa shape index (κ1) is 13.5. The SMILES string of the molecule is CC(NS(=O)(=O)CC1CCCC1)c1cnn(C)c1. The minimum absolute atomic E-state index is 0.217. The molecule has 2 rings (SSSR count). The monoisotopic (exact) mass is 271 g/mol. The molecule has 0 spiro atoms. The lowest BCUT2D eigenvalue weighted by Gasteiger charge is -2.15. The molecule has 1 saturated carbocycles. The second-order valence-corrected chi connectivity index (χ2v) is 7.02. The zero-order chi connectivity index (χ0) is 13.2. The van der Waals surface area contributed by atoms with Crippen LogP contribution in [0.1, 0.15) is 44.2 Å². The van der Waals surface area contributed by atoms with E-state index in [9.17, 15) is 8.42 Å². The van der Waals surface area contributed by atoms with Gasteiger partial charge in [0.2, 0.25) is 10.0 Å². The van der Waals surface area contributed by atoms with E-state index in [0.717, 1.165) is 18.4 Å². The molecule has 1 aliphatic rings. The smallest absolute Gasteiger partial charge is 0.212 e. The first-order valence-corrected chi connectivity index (χ1v) is 8.10. The van der Waals surface area contributed by atoms with E-state index in [-0.39, 0.29) is 11.8 Å². The van der Waals surface area contributed by atoms with Gasteiger partial charge in [0.15, 0.2) is 0 Å². The minimum atomic E-state index is -3.19. The van der Waals surface area contributed by atoms with E-state index in [1.54, 1.807) is 10.9 Å². The van der Waals surface area contributed by atoms with E-state index in [4.69, 9.17) is 0 Å². The van der Waals surface area contributed by atoms with Crippen molar-refractivity contribution in [3.8, 4) is 0 Å². The third-order valence-corrected chi connectivity index (χ3v) is 5.13. The highest BCUT2D eigenvalue weighted by molar-refractivity contribution is 7.89. The van der Waals surface area contributed by atoms with Gasteiger partial charge in [0.05, 0.1) is 11.9 Å². The van der Waals surface area contributed by atoms with Crippen molar-refractivity contribution >= 4 is 10.0 Å². The molecule has 1 heterocycles. The molecule has 0 saturated heterocycles. The second-order valence-electron chi connectivity index (χ2n) is 5.22. The molecule has 5 nitrogen and oxygen atoms in total. The van der Waals surface area contributed by atoms with Crippen LogP contribution in [0.5, 0.6) is 0 Å². The van der Waals surface area contributed by atoms with E-state index >= 15 is 0 Å². The van der Waals surface area contributed by atoms with Crippen LogP contribution in [0.2, 0.25) is 0 Å². The van der Waals surface area contributed by atoms with Crippen LogP contribution in [0.15, 0.2) is 12.4 Å². The van der Waals surface area contributed by atoms with Gasteiger partial charge < -0.3 is 0 Å². The lowest BCUT2D eigenvalue weighted by Crippen LogP contribution is -2.31. The summed E-state index contributed by atoms with van der Waals surface area (Å²) in [7, 11) is -1.37. The van der Waals surface area contributed by atoms with Crippen molar-refractivity contribution in [1.29, 1.82) is 0 Å². The van der Waals surface area contributed by atoms with Crippen LogP contribution in [-0.4, -0.2) is 24.0 Å². The first-order valence-electron chi connectivity index (χ1n) is 6.45. The molecule has 1 fully saturated rings. The van der Waals surface area contributed by atoms with Crippen LogP contribution in [0, 0.1) is 5.92 Å². The van der Waals surface area contributed by atoms with Crippen molar-refractivity contribution < 1.29 is 8.42 Å². The maximum Gasteiger partial charge on any atom is 0.212 e. The molecule has 1 atom stereocenters. The molecule has 18 heavy (non-hydrogen) atoms. The third-order valence-electron chi connectivity index (χ3n) is 3.51. The quantitative estimate of drug-likeness (QED) is 0.884. The summed E-state index contributed by atoms with van der Waals surface area (Å²) < 4.78 is 28.5. The Morgan fingerprint density at radius 3 is 2.72 bits per heavy atom. The number of sulfonamides is 1. The van der Waals surface area contributed by atoms with Gasteiger partial charge in [-0.15, -0.1) is 0 Å². The molecule has 1 N–H and O–H groups in total. The number of rotatable bonds is 5. The maximum atomic E-state index is 12.0. The van der Waals surface area contributed by atoms with E-state index in [1.165, 1.54) is 12.8 Å². The van der Waals surface area contributed by atoms with Crippen LogP contribution < -0.4 is 4.72 Å². The fourth-order valence-electron chi connectivity index (χ4n) is 2.54. The summed E-state index contributed by atoms with van der Waals surface area (Å²) in [5.74, 6) is 0.598. The molecular formula is C12H21N3O2S. The van der Waals surface area contributed by atoms with Crippen molar-refractivity contribution in [2.75, 3.05) is 5.75 Å². The topological polar surface area (TPSA) is 64.0 Å². The zero-order valence-corrected chi connectivity index (χ0v) is 11.8. The molecule has 6 heteroatoms. The van der Waals surface area contributed by atoms with Gasteiger partial charge >= 0.3 is 0 Å². The van der Waals surface area contributed by atoms with E-state index in [2.05, 4.69) is 9.82 Å². The third kappa shape index (κ3) is 3.55. The molecule has 1 aromatic rings. The highest BCUT2D eigenvalue weighted by Gasteiger charge is 2.24. The van der Waals surface area contributed by atoms with Gasteiger partial charge in [-0.3, -0.25) is 4.68 Å². The first-order chi connectivity index (χ1) is 8.46. The normalized spacial score (nSPS) is 19.2. The lowest BCUT2D eigenvalue weighted by atomic mass is 10.1. The van der Waals surface area contributed by atoms with Gasteiger partial charge in [-0.25, -0.2) is 13.1 Å². The average molecular weight is 271 g/mol. The fourth-order valence-corrected chi connectivity index (χ4v) is 4.26. The van der Waals surface area contributed by atoms with Gasteiger partial charge in [0.1, 0.15) is 0 Å². The summed E-state index contributed by atoms with van der Waals surface area (Å²) in [6, 6.07) is -0.217. The van der Waals surface area contributed by atoms with Gasteiger partial charge in [-0.2, -0.15) is 5.10 Å². The molecule has 0 bridgehead atoms. The Morgan fingerprint density at radius 1 is 1.50 bits per heavy atom. The van der Waals surface area contributed by atoms with Crippen molar-refractivity contribution in [2.24, 2.45) is 13.0 Å². The number of hydrogen-bond donors (Lipinski definition) is 1. The van der Waals surface area contributed by atoms with E-state index in [0.29, 0.717) is 5.92 Å². The van der Waals surface area contributed by atoms with Gasteiger partial charge in [0, 0.05) is 24.8 Å². The van der Waals surface area contributed by atoms with E-state index < -0.39 is 10.0 Å². The Bertz CT molecular complexity index is 489. The molecule has 0 radical (unpaired) electrons. The Balaban J connectivity index is 1.94. The maximum absolute atomic E-state index is 12.0. The van der Waals surface area contributed by atoms with Gasteiger partial charge in [0.25, 0.3) is 0 Å². The number of nitrogens with zero attached hydrogens (tertiary/aromatic N) is 2. The lowest BCUT2D eigenvalue weighted by molar-refractivity contribution is 0.537. The fraction of sp³-hybridized carbons (Fsp3) is 0.750. The van der Waals surface area contributed by atoms with Crippen LogP contribution >= 0.6 is 0 Å². The predicted octanol–water partition coefficient (Wildman–Crippen LogP) is 1.59. The Kier molecular flexibility index (Phi) is 4.07. The summed E-state index contributed by atoms with van der Waals surface area (Å²) in [4.78, 5) is 0. The Labute approximate surface area is 109 Å². The molecule has 1 aliphatic carbocycles. The summed E-state index contributed by atoms with van der Waals surface area (Å²) in [5, 5.41) is 4.05. The van der Waals surface area contributed by atoms with Crippen LogP contribution in [0.3, 0.4) is 0 Å². The zero-order valence-electron chi connectivity index (χ0n) is 11.0. The number of hydrogen-bond acceptors (Lipinski definition) is 3.